The SMILES string of the molecule is C=C[C@@H]1C[C@H](C=C)[C@@H](C(=O)OCC)[C@H]1NC(=O)c1ccccc1. The minimum atomic E-state index is -0.428. The highest BCUT2D eigenvalue weighted by molar-refractivity contribution is 5.94. The highest BCUT2D eigenvalue weighted by Crippen LogP contribution is 2.39. The van der Waals surface area contributed by atoms with Crippen molar-refractivity contribution in [1.82, 2.24) is 5.32 Å². The molecule has 0 radical (unpaired) electrons. The Morgan fingerprint density at radius 3 is 2.43 bits per heavy atom. The number of esters is 1. The fourth-order valence-corrected chi connectivity index (χ4v) is 3.21. The van der Waals surface area contributed by atoms with Crippen molar-refractivity contribution < 1.29 is 14.3 Å². The van der Waals surface area contributed by atoms with Crippen molar-refractivity contribution in [3.8, 4) is 0 Å². The molecule has 1 fully saturated rings. The Morgan fingerprint density at radius 2 is 1.87 bits per heavy atom. The second-order valence-corrected chi connectivity index (χ2v) is 5.68. The fraction of sp³-hybridized carbons (Fsp3) is 0.368. The Labute approximate surface area is 137 Å². The van der Waals surface area contributed by atoms with Crippen molar-refractivity contribution in [2.24, 2.45) is 17.8 Å². The van der Waals surface area contributed by atoms with Gasteiger partial charge >= 0.3 is 5.97 Å². The summed E-state index contributed by atoms with van der Waals surface area (Å²) < 4.78 is 5.20. The van der Waals surface area contributed by atoms with Crippen LogP contribution in [0.2, 0.25) is 0 Å². The molecule has 4 heteroatoms. The number of amides is 1. The van der Waals surface area contributed by atoms with Crippen LogP contribution in [0.3, 0.4) is 0 Å². The van der Waals surface area contributed by atoms with E-state index >= 15 is 0 Å². The Hall–Kier alpha value is -2.36. The number of nitrogens with one attached hydrogen (secondary N) is 1. The van der Waals surface area contributed by atoms with Crippen LogP contribution in [0.25, 0.3) is 0 Å². The van der Waals surface area contributed by atoms with Gasteiger partial charge < -0.3 is 10.1 Å². The van der Waals surface area contributed by atoms with Gasteiger partial charge in [-0.2, -0.15) is 0 Å². The van der Waals surface area contributed by atoms with Crippen LogP contribution in [0, 0.1) is 17.8 Å². The zero-order valence-corrected chi connectivity index (χ0v) is 13.4. The van der Waals surface area contributed by atoms with Crippen molar-refractivity contribution in [2.75, 3.05) is 6.61 Å². The molecule has 1 aromatic carbocycles. The van der Waals surface area contributed by atoms with Gasteiger partial charge in [-0.05, 0) is 37.3 Å². The van der Waals surface area contributed by atoms with E-state index in [1.165, 1.54) is 0 Å². The molecule has 1 aliphatic carbocycles. The monoisotopic (exact) mass is 313 g/mol. The molecule has 1 aromatic rings. The third kappa shape index (κ3) is 3.70. The number of rotatable bonds is 6. The molecule has 0 heterocycles. The van der Waals surface area contributed by atoms with Crippen LogP contribution in [0.4, 0.5) is 0 Å². The summed E-state index contributed by atoms with van der Waals surface area (Å²) in [6.45, 7) is 9.76. The molecule has 0 spiro atoms. The van der Waals surface area contributed by atoms with E-state index in [0.29, 0.717) is 12.2 Å². The second kappa shape index (κ2) is 7.77. The van der Waals surface area contributed by atoms with Crippen LogP contribution in [0.15, 0.2) is 55.6 Å². The molecule has 23 heavy (non-hydrogen) atoms. The lowest BCUT2D eigenvalue weighted by atomic mass is 9.92. The number of ether oxygens (including phenoxy) is 1. The summed E-state index contributed by atoms with van der Waals surface area (Å²) in [6.07, 6.45) is 4.30. The van der Waals surface area contributed by atoms with E-state index in [2.05, 4.69) is 18.5 Å². The molecule has 0 aliphatic heterocycles. The van der Waals surface area contributed by atoms with Gasteiger partial charge in [0.2, 0.25) is 0 Å². The van der Waals surface area contributed by atoms with E-state index in [9.17, 15) is 9.59 Å². The first-order valence-electron chi connectivity index (χ1n) is 7.90. The van der Waals surface area contributed by atoms with Gasteiger partial charge in [0.25, 0.3) is 5.91 Å². The maximum atomic E-state index is 12.5. The van der Waals surface area contributed by atoms with E-state index in [0.717, 1.165) is 6.42 Å². The lowest BCUT2D eigenvalue weighted by Crippen LogP contribution is -2.45. The van der Waals surface area contributed by atoms with Gasteiger partial charge in [0, 0.05) is 11.6 Å². The first kappa shape index (κ1) is 17.0. The van der Waals surface area contributed by atoms with E-state index < -0.39 is 5.92 Å². The molecule has 1 aliphatic rings. The molecule has 4 atom stereocenters. The number of hydrogen-bond acceptors (Lipinski definition) is 3. The molecule has 4 nitrogen and oxygen atoms in total. The molecular formula is C19H23NO3. The van der Waals surface area contributed by atoms with Gasteiger partial charge in [-0.25, -0.2) is 0 Å². The fourth-order valence-electron chi connectivity index (χ4n) is 3.21. The number of hydrogen-bond donors (Lipinski definition) is 1. The third-order valence-corrected chi connectivity index (χ3v) is 4.35. The minimum absolute atomic E-state index is 0.0140. The van der Waals surface area contributed by atoms with Gasteiger partial charge in [-0.1, -0.05) is 30.4 Å². The van der Waals surface area contributed by atoms with Gasteiger partial charge in [0.1, 0.15) is 0 Å². The van der Waals surface area contributed by atoms with Crippen molar-refractivity contribution in [3.05, 3.63) is 61.2 Å². The first-order chi connectivity index (χ1) is 11.1. The molecule has 122 valence electrons. The van der Waals surface area contributed by atoms with Gasteiger partial charge in [-0.15, -0.1) is 13.2 Å². The van der Waals surface area contributed by atoms with Crippen LogP contribution in [0.5, 0.6) is 0 Å². The summed E-state index contributed by atoms with van der Waals surface area (Å²) in [5.74, 6) is -0.928. The first-order valence-corrected chi connectivity index (χ1v) is 7.90. The number of allylic oxidation sites excluding steroid dienone is 1. The van der Waals surface area contributed by atoms with Gasteiger partial charge in [-0.3, -0.25) is 9.59 Å². The lowest BCUT2D eigenvalue weighted by molar-refractivity contribution is -0.149. The summed E-state index contributed by atoms with van der Waals surface area (Å²) in [6, 6.07) is 8.64. The van der Waals surface area contributed by atoms with Crippen LogP contribution in [-0.4, -0.2) is 24.5 Å². The predicted molar refractivity (Wildman–Crippen MR) is 89.8 cm³/mol. The topological polar surface area (TPSA) is 55.4 Å². The Morgan fingerprint density at radius 1 is 1.22 bits per heavy atom. The summed E-state index contributed by atoms with van der Waals surface area (Å²) in [7, 11) is 0. The second-order valence-electron chi connectivity index (χ2n) is 5.68. The average molecular weight is 313 g/mol. The average Bonchev–Trinajstić information content (AvgIpc) is 2.93. The van der Waals surface area contributed by atoms with Crippen molar-refractivity contribution in [2.45, 2.75) is 19.4 Å². The maximum Gasteiger partial charge on any atom is 0.311 e. The van der Waals surface area contributed by atoms with Crippen LogP contribution >= 0.6 is 0 Å². The molecule has 1 amide bonds. The zero-order chi connectivity index (χ0) is 16.8. The number of carbonyl (C=O) groups excluding carboxylic acids is 2. The quantitative estimate of drug-likeness (QED) is 0.649. The van der Waals surface area contributed by atoms with E-state index in [1.807, 2.05) is 18.2 Å². The van der Waals surface area contributed by atoms with E-state index in [1.54, 1.807) is 31.2 Å². The molecule has 0 aromatic heterocycles. The summed E-state index contributed by atoms with van der Waals surface area (Å²) in [4.78, 5) is 24.8. The van der Waals surface area contributed by atoms with Crippen molar-refractivity contribution in [1.29, 1.82) is 0 Å². The largest absolute Gasteiger partial charge is 0.466 e. The van der Waals surface area contributed by atoms with Crippen LogP contribution in [0.1, 0.15) is 23.7 Å². The molecule has 0 bridgehead atoms. The Kier molecular flexibility index (Phi) is 5.74. The molecule has 1 saturated carbocycles. The van der Waals surface area contributed by atoms with Gasteiger partial charge in [0.05, 0.1) is 12.5 Å². The minimum Gasteiger partial charge on any atom is -0.466 e. The number of carbonyl (C=O) groups is 2. The van der Waals surface area contributed by atoms with E-state index in [-0.39, 0.29) is 29.8 Å². The zero-order valence-electron chi connectivity index (χ0n) is 13.4. The molecule has 0 saturated heterocycles. The van der Waals surface area contributed by atoms with Crippen LogP contribution < -0.4 is 5.32 Å². The number of benzene rings is 1. The standard InChI is InChI=1S/C19H23NO3/c1-4-13-12-14(5-2)17(16(13)19(22)23-6-3)20-18(21)15-10-8-7-9-11-15/h4-5,7-11,13-14,16-17H,1-2,6,12H2,3H3,(H,20,21)/t13-,14+,16+,17-/m0/s1. The van der Waals surface area contributed by atoms with Crippen molar-refractivity contribution >= 4 is 11.9 Å². The highest BCUT2D eigenvalue weighted by atomic mass is 16.5. The molecular weight excluding hydrogens is 290 g/mol. The van der Waals surface area contributed by atoms with Crippen molar-refractivity contribution in [3.63, 3.8) is 0 Å². The maximum absolute atomic E-state index is 12.5. The highest BCUT2D eigenvalue weighted by Gasteiger charge is 2.46. The van der Waals surface area contributed by atoms with Gasteiger partial charge in [0.15, 0.2) is 0 Å². The smallest absolute Gasteiger partial charge is 0.311 e. The van der Waals surface area contributed by atoms with E-state index in [4.69, 9.17) is 4.74 Å². The Balaban J connectivity index is 2.23. The lowest BCUT2D eigenvalue weighted by Gasteiger charge is -2.24. The summed E-state index contributed by atoms with van der Waals surface area (Å²) >= 11 is 0. The third-order valence-electron chi connectivity index (χ3n) is 4.35. The molecule has 1 N–H and O–H groups in total. The normalized spacial score (nSPS) is 26.3. The molecule has 0 unspecified atom stereocenters. The summed E-state index contributed by atoms with van der Waals surface area (Å²) in [5, 5.41) is 2.99. The summed E-state index contributed by atoms with van der Waals surface area (Å²) in [5.41, 5.74) is 0.569. The van der Waals surface area contributed by atoms with Crippen LogP contribution in [-0.2, 0) is 9.53 Å². The molecule has 2 rings (SSSR count). The Bertz CT molecular complexity index is 582. The predicted octanol–water partition coefficient (Wildman–Crippen LogP) is 2.97.